The van der Waals surface area contributed by atoms with Crippen molar-refractivity contribution in [1.29, 1.82) is 0 Å². The Kier molecular flexibility index (Phi) is 5.88. The van der Waals surface area contributed by atoms with Crippen LogP contribution in [0.25, 0.3) is 0 Å². The molecule has 0 saturated carbocycles. The molecule has 0 spiro atoms. The Bertz CT molecular complexity index is 670. The number of nitrogens with one attached hydrogen (secondary N) is 1. The third-order valence-corrected chi connectivity index (χ3v) is 3.67. The lowest BCUT2D eigenvalue weighted by molar-refractivity contribution is -0.122. The monoisotopic (exact) mass is 333 g/mol. The van der Waals surface area contributed by atoms with Crippen molar-refractivity contribution >= 4 is 23.2 Å². The maximum Gasteiger partial charge on any atom is 0.265 e. The Morgan fingerprint density at radius 3 is 2.52 bits per heavy atom. The second-order valence-corrected chi connectivity index (χ2v) is 5.53. The highest BCUT2D eigenvalue weighted by molar-refractivity contribution is 6.31. The van der Waals surface area contributed by atoms with Crippen molar-refractivity contribution in [3.05, 3.63) is 53.1 Å². The normalized spacial score (nSPS) is 11.7. The summed E-state index contributed by atoms with van der Waals surface area (Å²) in [5.74, 6) is 0.926. The van der Waals surface area contributed by atoms with Crippen LogP contribution in [0, 0.1) is 0 Å². The molecule has 0 saturated heterocycles. The highest BCUT2D eigenvalue weighted by Gasteiger charge is 2.17. The van der Waals surface area contributed by atoms with Crippen LogP contribution >= 0.6 is 11.6 Å². The molecule has 0 aliphatic carbocycles. The molecule has 122 valence electrons. The summed E-state index contributed by atoms with van der Waals surface area (Å²) < 4.78 is 10.9. The smallest absolute Gasteiger partial charge is 0.265 e. The number of halogens is 1. The number of anilines is 1. The van der Waals surface area contributed by atoms with Crippen LogP contribution in [0.5, 0.6) is 11.5 Å². The van der Waals surface area contributed by atoms with Crippen molar-refractivity contribution in [3.63, 3.8) is 0 Å². The van der Waals surface area contributed by atoms with Gasteiger partial charge < -0.3 is 14.8 Å². The zero-order valence-electron chi connectivity index (χ0n) is 13.4. The highest BCUT2D eigenvalue weighted by atomic mass is 35.5. The molecule has 4 nitrogen and oxygen atoms in total. The Morgan fingerprint density at radius 2 is 1.91 bits per heavy atom. The van der Waals surface area contributed by atoms with Crippen LogP contribution in [0.4, 0.5) is 5.69 Å². The molecule has 0 heterocycles. The lowest BCUT2D eigenvalue weighted by atomic mass is 10.2. The van der Waals surface area contributed by atoms with Crippen molar-refractivity contribution in [2.24, 2.45) is 0 Å². The maximum absolute atomic E-state index is 12.3. The van der Waals surface area contributed by atoms with Crippen molar-refractivity contribution in [2.75, 3.05) is 12.4 Å². The first-order valence-corrected chi connectivity index (χ1v) is 7.81. The van der Waals surface area contributed by atoms with Gasteiger partial charge in [0.2, 0.25) is 0 Å². The molecule has 2 aromatic carbocycles. The summed E-state index contributed by atoms with van der Waals surface area (Å²) in [7, 11) is 1.54. The van der Waals surface area contributed by atoms with Crippen molar-refractivity contribution in [1.82, 2.24) is 0 Å². The molecule has 1 atom stereocenters. The van der Waals surface area contributed by atoms with Gasteiger partial charge in [0, 0.05) is 5.02 Å². The maximum atomic E-state index is 12.3. The zero-order valence-corrected chi connectivity index (χ0v) is 14.2. The van der Waals surface area contributed by atoms with E-state index in [1.165, 1.54) is 12.7 Å². The lowest BCUT2D eigenvalue weighted by Gasteiger charge is -2.16. The van der Waals surface area contributed by atoms with E-state index in [2.05, 4.69) is 12.2 Å². The van der Waals surface area contributed by atoms with Gasteiger partial charge in [0.25, 0.3) is 5.91 Å². The van der Waals surface area contributed by atoms with Gasteiger partial charge in [0.1, 0.15) is 11.5 Å². The fourth-order valence-corrected chi connectivity index (χ4v) is 2.25. The van der Waals surface area contributed by atoms with Gasteiger partial charge in [0.15, 0.2) is 6.10 Å². The van der Waals surface area contributed by atoms with E-state index < -0.39 is 6.10 Å². The number of rotatable bonds is 6. The summed E-state index contributed by atoms with van der Waals surface area (Å²) >= 11 is 5.96. The van der Waals surface area contributed by atoms with E-state index in [4.69, 9.17) is 21.1 Å². The molecule has 0 aliphatic heterocycles. The first-order valence-electron chi connectivity index (χ1n) is 7.43. The van der Waals surface area contributed by atoms with E-state index in [1.807, 2.05) is 24.3 Å². The molecule has 0 aromatic heterocycles. The number of methoxy groups -OCH3 is 1. The molecule has 2 aromatic rings. The minimum atomic E-state index is -0.647. The highest BCUT2D eigenvalue weighted by Crippen LogP contribution is 2.28. The minimum absolute atomic E-state index is 0.273. The number of benzene rings is 2. The quantitative estimate of drug-likeness (QED) is 0.856. The predicted molar refractivity (Wildman–Crippen MR) is 92.5 cm³/mol. The van der Waals surface area contributed by atoms with E-state index >= 15 is 0 Å². The molecular weight excluding hydrogens is 314 g/mol. The molecule has 0 bridgehead atoms. The van der Waals surface area contributed by atoms with Gasteiger partial charge in [0.05, 0.1) is 12.8 Å². The van der Waals surface area contributed by atoms with Gasteiger partial charge in [-0.05, 0) is 49.2 Å². The van der Waals surface area contributed by atoms with Crippen molar-refractivity contribution < 1.29 is 14.3 Å². The van der Waals surface area contributed by atoms with Crippen LogP contribution in [0.2, 0.25) is 5.02 Å². The lowest BCUT2D eigenvalue weighted by Crippen LogP contribution is -2.30. The molecule has 23 heavy (non-hydrogen) atoms. The summed E-state index contributed by atoms with van der Waals surface area (Å²) in [6, 6.07) is 12.7. The fraction of sp³-hybridized carbons (Fsp3) is 0.278. The summed E-state index contributed by atoms with van der Waals surface area (Å²) in [6.07, 6.45) is 0.316. The number of hydrogen-bond donors (Lipinski definition) is 1. The number of carbonyl (C=O) groups excluding carboxylic acids is 1. The molecule has 1 amide bonds. The zero-order chi connectivity index (χ0) is 16.8. The molecule has 2 rings (SSSR count). The van der Waals surface area contributed by atoms with Gasteiger partial charge in [-0.25, -0.2) is 0 Å². The number of ether oxygens (including phenoxy) is 2. The average Bonchev–Trinajstić information content (AvgIpc) is 2.55. The Hall–Kier alpha value is -2.20. The van der Waals surface area contributed by atoms with Crippen LogP contribution < -0.4 is 14.8 Å². The second-order valence-electron chi connectivity index (χ2n) is 5.09. The first kappa shape index (κ1) is 17.2. The molecule has 1 N–H and O–H groups in total. The van der Waals surface area contributed by atoms with Crippen LogP contribution in [-0.4, -0.2) is 19.1 Å². The van der Waals surface area contributed by atoms with Gasteiger partial charge >= 0.3 is 0 Å². The summed E-state index contributed by atoms with van der Waals surface area (Å²) in [4.78, 5) is 12.3. The number of amides is 1. The molecule has 0 fully saturated rings. The van der Waals surface area contributed by atoms with Crippen molar-refractivity contribution in [2.45, 2.75) is 26.4 Å². The van der Waals surface area contributed by atoms with E-state index in [1.54, 1.807) is 25.1 Å². The third-order valence-electron chi connectivity index (χ3n) is 3.43. The van der Waals surface area contributed by atoms with Gasteiger partial charge in [-0.1, -0.05) is 30.7 Å². The molecule has 5 heteroatoms. The van der Waals surface area contributed by atoms with Gasteiger partial charge in [-0.2, -0.15) is 0 Å². The largest absolute Gasteiger partial charge is 0.495 e. The van der Waals surface area contributed by atoms with E-state index in [0.717, 1.165) is 6.42 Å². The van der Waals surface area contributed by atoms with Crippen LogP contribution in [0.3, 0.4) is 0 Å². The Balaban J connectivity index is 2.03. The second kappa shape index (κ2) is 7.88. The van der Waals surface area contributed by atoms with Gasteiger partial charge in [-0.3, -0.25) is 4.79 Å². The van der Waals surface area contributed by atoms with E-state index in [9.17, 15) is 4.79 Å². The summed E-state index contributed by atoms with van der Waals surface area (Å²) in [6.45, 7) is 3.78. The fourth-order valence-electron chi connectivity index (χ4n) is 2.07. The van der Waals surface area contributed by atoms with E-state index in [0.29, 0.717) is 22.2 Å². The van der Waals surface area contributed by atoms with Crippen molar-refractivity contribution in [3.8, 4) is 11.5 Å². The molecular formula is C18H20ClNO3. The summed E-state index contributed by atoms with van der Waals surface area (Å²) in [5, 5.41) is 3.29. The Labute approximate surface area is 141 Å². The van der Waals surface area contributed by atoms with E-state index in [-0.39, 0.29) is 5.91 Å². The molecule has 0 aliphatic rings. The topological polar surface area (TPSA) is 47.6 Å². The summed E-state index contributed by atoms with van der Waals surface area (Å²) in [5.41, 5.74) is 1.74. The SMILES string of the molecule is CCc1ccc(OC(C)C(=O)Nc2cc(Cl)ccc2OC)cc1. The number of hydrogen-bond acceptors (Lipinski definition) is 3. The predicted octanol–water partition coefficient (Wildman–Crippen LogP) is 4.32. The third kappa shape index (κ3) is 4.63. The first-order chi connectivity index (χ1) is 11.0. The van der Waals surface area contributed by atoms with Gasteiger partial charge in [-0.15, -0.1) is 0 Å². The average molecular weight is 334 g/mol. The Morgan fingerprint density at radius 1 is 1.22 bits per heavy atom. The number of aryl methyl sites for hydroxylation is 1. The minimum Gasteiger partial charge on any atom is -0.495 e. The van der Waals surface area contributed by atoms with Crippen LogP contribution in [-0.2, 0) is 11.2 Å². The standard InChI is InChI=1S/C18H20ClNO3/c1-4-13-5-8-15(9-6-13)23-12(2)18(21)20-16-11-14(19)7-10-17(16)22-3/h5-12H,4H2,1-3H3,(H,20,21). The molecule has 1 unspecified atom stereocenters. The number of carbonyl (C=O) groups is 1. The van der Waals surface area contributed by atoms with Crippen LogP contribution in [0.15, 0.2) is 42.5 Å². The van der Waals surface area contributed by atoms with Crippen LogP contribution in [0.1, 0.15) is 19.4 Å². The molecule has 0 radical (unpaired) electrons.